The molecule has 1 saturated heterocycles. The molecule has 0 spiro atoms. The predicted octanol–water partition coefficient (Wildman–Crippen LogP) is -0.107. The second-order valence-corrected chi connectivity index (χ2v) is 2.87. The van der Waals surface area contributed by atoms with Crippen molar-refractivity contribution in [1.29, 1.82) is 0 Å². The van der Waals surface area contributed by atoms with E-state index in [0.717, 1.165) is 12.8 Å². The van der Waals surface area contributed by atoms with Crippen molar-refractivity contribution in [3.8, 4) is 0 Å². The van der Waals surface area contributed by atoms with Crippen LogP contribution in [0.15, 0.2) is 0 Å². The highest BCUT2D eigenvalue weighted by Crippen LogP contribution is 2.13. The van der Waals surface area contributed by atoms with Gasteiger partial charge in [0.05, 0.1) is 12.6 Å². The molecule has 3 heteroatoms. The van der Waals surface area contributed by atoms with Gasteiger partial charge in [0.1, 0.15) is 0 Å². The number of hydrogen-bond donors (Lipinski definition) is 2. The first kappa shape index (κ1) is 7.54. The summed E-state index contributed by atoms with van der Waals surface area (Å²) in [6, 6.07) is 0.00343. The molecule has 1 aliphatic rings. The molecule has 58 valence electrons. The molecule has 1 heterocycles. The minimum Gasteiger partial charge on any atom is -0.394 e. The van der Waals surface area contributed by atoms with E-state index in [9.17, 15) is 4.79 Å². The molecule has 2 atom stereocenters. The van der Waals surface area contributed by atoms with Gasteiger partial charge in [-0.05, 0) is 12.8 Å². The highest BCUT2D eigenvalue weighted by Gasteiger charge is 2.23. The quantitative estimate of drug-likeness (QED) is 0.538. The van der Waals surface area contributed by atoms with Crippen molar-refractivity contribution in [3.63, 3.8) is 0 Å². The Kier molecular flexibility index (Phi) is 2.27. The first-order valence-electron chi connectivity index (χ1n) is 3.65. The molecule has 2 N–H and O–H groups in total. The van der Waals surface area contributed by atoms with Crippen LogP contribution in [-0.4, -0.2) is 23.7 Å². The lowest BCUT2D eigenvalue weighted by molar-refractivity contribution is -0.127. The molecule has 1 amide bonds. The Hall–Kier alpha value is -0.570. The van der Waals surface area contributed by atoms with E-state index in [2.05, 4.69) is 5.32 Å². The van der Waals surface area contributed by atoms with E-state index >= 15 is 0 Å². The molecule has 0 aromatic carbocycles. The van der Waals surface area contributed by atoms with E-state index in [1.54, 1.807) is 0 Å². The molecular formula is C7H13NO2. The van der Waals surface area contributed by atoms with E-state index < -0.39 is 0 Å². The third kappa shape index (κ3) is 1.48. The number of rotatable bonds is 1. The van der Waals surface area contributed by atoms with Crippen LogP contribution in [0, 0.1) is 5.92 Å². The van der Waals surface area contributed by atoms with Gasteiger partial charge >= 0.3 is 0 Å². The van der Waals surface area contributed by atoms with E-state index in [0.29, 0.717) is 0 Å². The number of nitrogens with one attached hydrogen (secondary N) is 1. The zero-order valence-electron chi connectivity index (χ0n) is 6.13. The van der Waals surface area contributed by atoms with Crippen molar-refractivity contribution in [2.24, 2.45) is 5.92 Å². The van der Waals surface area contributed by atoms with E-state index in [1.165, 1.54) is 0 Å². The van der Waals surface area contributed by atoms with Crippen molar-refractivity contribution in [1.82, 2.24) is 5.32 Å². The summed E-state index contributed by atoms with van der Waals surface area (Å²) in [7, 11) is 0. The molecule has 1 aliphatic heterocycles. The van der Waals surface area contributed by atoms with Crippen LogP contribution < -0.4 is 5.32 Å². The van der Waals surface area contributed by atoms with Gasteiger partial charge in [-0.25, -0.2) is 0 Å². The SMILES string of the molecule is C[C@@H]1CC[C@@H](CO)NC1=O. The second-order valence-electron chi connectivity index (χ2n) is 2.87. The number of hydrogen-bond acceptors (Lipinski definition) is 2. The van der Waals surface area contributed by atoms with Crippen molar-refractivity contribution in [2.45, 2.75) is 25.8 Å². The van der Waals surface area contributed by atoms with E-state index in [4.69, 9.17) is 5.11 Å². The van der Waals surface area contributed by atoms with Crippen LogP contribution in [0.2, 0.25) is 0 Å². The maximum Gasteiger partial charge on any atom is 0.223 e. The highest BCUT2D eigenvalue weighted by atomic mass is 16.3. The summed E-state index contributed by atoms with van der Waals surface area (Å²) >= 11 is 0. The van der Waals surface area contributed by atoms with Crippen LogP contribution in [-0.2, 0) is 4.79 Å². The Morgan fingerprint density at radius 3 is 2.90 bits per heavy atom. The molecule has 0 aromatic rings. The predicted molar refractivity (Wildman–Crippen MR) is 37.4 cm³/mol. The Morgan fingerprint density at radius 2 is 2.40 bits per heavy atom. The van der Waals surface area contributed by atoms with Crippen molar-refractivity contribution in [3.05, 3.63) is 0 Å². The second kappa shape index (κ2) is 3.01. The fourth-order valence-corrected chi connectivity index (χ4v) is 1.13. The van der Waals surface area contributed by atoms with Crippen LogP contribution in [0.25, 0.3) is 0 Å². The average molecular weight is 143 g/mol. The molecule has 1 rings (SSSR count). The fraction of sp³-hybridized carbons (Fsp3) is 0.857. The van der Waals surface area contributed by atoms with Crippen molar-refractivity contribution in [2.75, 3.05) is 6.61 Å². The summed E-state index contributed by atoms with van der Waals surface area (Å²) in [6.45, 7) is 1.97. The van der Waals surface area contributed by atoms with Gasteiger partial charge in [0.15, 0.2) is 0 Å². The van der Waals surface area contributed by atoms with Gasteiger partial charge in [0, 0.05) is 5.92 Å². The summed E-state index contributed by atoms with van der Waals surface area (Å²) < 4.78 is 0. The molecule has 0 radical (unpaired) electrons. The van der Waals surface area contributed by atoms with E-state index in [-0.39, 0.29) is 24.5 Å². The number of aliphatic hydroxyl groups is 1. The Labute approximate surface area is 60.4 Å². The van der Waals surface area contributed by atoms with Gasteiger partial charge in [-0.15, -0.1) is 0 Å². The lowest BCUT2D eigenvalue weighted by Gasteiger charge is -2.25. The minimum absolute atomic E-state index is 0.00343. The van der Waals surface area contributed by atoms with Gasteiger partial charge in [-0.1, -0.05) is 6.92 Å². The zero-order valence-corrected chi connectivity index (χ0v) is 6.13. The third-order valence-electron chi connectivity index (χ3n) is 1.96. The van der Waals surface area contributed by atoms with Gasteiger partial charge in [0.25, 0.3) is 0 Å². The maximum absolute atomic E-state index is 10.9. The summed E-state index contributed by atoms with van der Waals surface area (Å²) in [5.74, 6) is 0.202. The number of carbonyl (C=O) groups is 1. The topological polar surface area (TPSA) is 49.3 Å². The zero-order chi connectivity index (χ0) is 7.56. The fourth-order valence-electron chi connectivity index (χ4n) is 1.13. The highest BCUT2D eigenvalue weighted by molar-refractivity contribution is 5.79. The largest absolute Gasteiger partial charge is 0.394 e. The van der Waals surface area contributed by atoms with Gasteiger partial charge in [0.2, 0.25) is 5.91 Å². The first-order chi connectivity index (χ1) is 4.74. The van der Waals surface area contributed by atoms with Crippen LogP contribution in [0.1, 0.15) is 19.8 Å². The molecule has 0 aromatic heterocycles. The summed E-state index contributed by atoms with van der Waals surface area (Å²) in [6.07, 6.45) is 1.81. The van der Waals surface area contributed by atoms with Crippen LogP contribution in [0.3, 0.4) is 0 Å². The number of aliphatic hydroxyl groups excluding tert-OH is 1. The molecule has 0 unspecified atom stereocenters. The lowest BCUT2D eigenvalue weighted by atomic mass is 9.96. The van der Waals surface area contributed by atoms with Crippen molar-refractivity contribution >= 4 is 5.91 Å². The van der Waals surface area contributed by atoms with E-state index in [1.807, 2.05) is 6.92 Å². The normalized spacial score (nSPS) is 33.6. The minimum atomic E-state index is 0.00343. The molecule has 0 bridgehead atoms. The monoisotopic (exact) mass is 143 g/mol. The Balaban J connectivity index is 2.41. The Bertz CT molecular complexity index is 136. The lowest BCUT2D eigenvalue weighted by Crippen LogP contribution is -2.44. The molecule has 3 nitrogen and oxygen atoms in total. The first-order valence-corrected chi connectivity index (χ1v) is 3.65. The smallest absolute Gasteiger partial charge is 0.223 e. The molecule has 0 aliphatic carbocycles. The van der Waals surface area contributed by atoms with Gasteiger partial charge in [-0.3, -0.25) is 4.79 Å². The maximum atomic E-state index is 10.9. The number of amides is 1. The third-order valence-corrected chi connectivity index (χ3v) is 1.96. The standard InChI is InChI=1S/C7H13NO2/c1-5-2-3-6(4-9)8-7(5)10/h5-6,9H,2-4H2,1H3,(H,8,10)/t5-,6+/m1/s1. The van der Waals surface area contributed by atoms with Gasteiger partial charge in [-0.2, -0.15) is 0 Å². The number of piperidine rings is 1. The summed E-state index contributed by atoms with van der Waals surface area (Å²) in [5, 5.41) is 11.4. The average Bonchev–Trinajstić information content (AvgIpc) is 1.95. The summed E-state index contributed by atoms with van der Waals surface area (Å²) in [4.78, 5) is 10.9. The van der Waals surface area contributed by atoms with Gasteiger partial charge < -0.3 is 10.4 Å². The van der Waals surface area contributed by atoms with Crippen LogP contribution in [0.4, 0.5) is 0 Å². The number of carbonyl (C=O) groups excluding carboxylic acids is 1. The van der Waals surface area contributed by atoms with Crippen LogP contribution in [0.5, 0.6) is 0 Å². The summed E-state index contributed by atoms with van der Waals surface area (Å²) in [5.41, 5.74) is 0. The molecule has 0 saturated carbocycles. The molecular weight excluding hydrogens is 130 g/mol. The molecule has 1 fully saturated rings. The van der Waals surface area contributed by atoms with Crippen molar-refractivity contribution < 1.29 is 9.90 Å². The molecule has 10 heavy (non-hydrogen) atoms. The van der Waals surface area contributed by atoms with Crippen LogP contribution >= 0.6 is 0 Å². The Morgan fingerprint density at radius 1 is 1.70 bits per heavy atom.